The molecule has 0 atom stereocenters. The van der Waals surface area contributed by atoms with E-state index in [0.717, 1.165) is 11.1 Å². The molecule has 2 amide bonds. The number of carbonyl (C=O) groups is 3. The van der Waals surface area contributed by atoms with Crippen molar-refractivity contribution in [2.45, 2.75) is 46.6 Å². The second-order valence-corrected chi connectivity index (χ2v) is 7.60. The van der Waals surface area contributed by atoms with Gasteiger partial charge in [0.15, 0.2) is 5.78 Å². The summed E-state index contributed by atoms with van der Waals surface area (Å²) in [5, 5.41) is 2.88. The van der Waals surface area contributed by atoms with Crippen molar-refractivity contribution in [1.29, 1.82) is 0 Å². The molecule has 148 valence electrons. The van der Waals surface area contributed by atoms with Crippen molar-refractivity contribution in [3.8, 4) is 0 Å². The Balaban J connectivity index is 1.75. The van der Waals surface area contributed by atoms with Gasteiger partial charge in [0.25, 0.3) is 0 Å². The molecule has 1 aliphatic rings. The molecule has 6 heteroatoms. The molecule has 6 nitrogen and oxygen atoms in total. The number of Topliss-reactive ketones (excluding diaryl/α,β-unsaturated/α-hetero) is 1. The molecule has 0 spiro atoms. The van der Waals surface area contributed by atoms with Crippen molar-refractivity contribution in [1.82, 2.24) is 15.1 Å². The SMILES string of the molecule is Cc1ccc(C(=O)CCC(=O)N2CCN(CC(=O)NC(C)C)CC2)cc1C. The Morgan fingerprint density at radius 2 is 1.67 bits per heavy atom. The van der Waals surface area contributed by atoms with Crippen molar-refractivity contribution in [3.63, 3.8) is 0 Å². The number of aryl methyl sites for hydroxylation is 2. The first-order valence-electron chi connectivity index (χ1n) is 9.66. The van der Waals surface area contributed by atoms with Gasteiger partial charge in [0, 0.05) is 50.6 Å². The Kier molecular flexibility index (Phi) is 7.54. The highest BCUT2D eigenvalue weighted by Crippen LogP contribution is 2.13. The average molecular weight is 373 g/mol. The molecular formula is C21H31N3O3. The zero-order chi connectivity index (χ0) is 20.0. The fourth-order valence-electron chi connectivity index (χ4n) is 3.16. The van der Waals surface area contributed by atoms with Crippen LogP contribution >= 0.6 is 0 Å². The zero-order valence-corrected chi connectivity index (χ0v) is 16.9. The topological polar surface area (TPSA) is 69.7 Å². The normalized spacial score (nSPS) is 15.1. The third-order valence-electron chi connectivity index (χ3n) is 4.94. The van der Waals surface area contributed by atoms with E-state index in [2.05, 4.69) is 10.2 Å². The molecule has 0 bridgehead atoms. The summed E-state index contributed by atoms with van der Waals surface area (Å²) < 4.78 is 0. The summed E-state index contributed by atoms with van der Waals surface area (Å²) in [7, 11) is 0. The highest BCUT2D eigenvalue weighted by molar-refractivity contribution is 5.98. The molecule has 1 heterocycles. The minimum Gasteiger partial charge on any atom is -0.353 e. The van der Waals surface area contributed by atoms with Crippen LogP contribution < -0.4 is 5.32 Å². The number of hydrogen-bond donors (Lipinski definition) is 1. The number of hydrogen-bond acceptors (Lipinski definition) is 4. The number of ketones is 1. The molecule has 0 saturated carbocycles. The lowest BCUT2D eigenvalue weighted by Crippen LogP contribution is -2.51. The van der Waals surface area contributed by atoms with Gasteiger partial charge in [0.05, 0.1) is 6.54 Å². The predicted octanol–water partition coefficient (Wildman–Crippen LogP) is 1.94. The van der Waals surface area contributed by atoms with Crippen LogP contribution in [0.2, 0.25) is 0 Å². The summed E-state index contributed by atoms with van der Waals surface area (Å²) in [4.78, 5) is 40.4. The molecule has 1 fully saturated rings. The Bertz CT molecular complexity index is 692. The predicted molar refractivity (Wildman–Crippen MR) is 106 cm³/mol. The number of nitrogens with zero attached hydrogens (tertiary/aromatic N) is 2. The molecule has 27 heavy (non-hydrogen) atoms. The lowest BCUT2D eigenvalue weighted by molar-refractivity contribution is -0.133. The quantitative estimate of drug-likeness (QED) is 0.742. The van der Waals surface area contributed by atoms with E-state index in [0.29, 0.717) is 38.3 Å². The summed E-state index contributed by atoms with van der Waals surface area (Å²) in [5.41, 5.74) is 2.92. The second-order valence-electron chi connectivity index (χ2n) is 7.60. The maximum Gasteiger partial charge on any atom is 0.234 e. The number of piperazine rings is 1. The first-order valence-corrected chi connectivity index (χ1v) is 9.66. The van der Waals surface area contributed by atoms with Gasteiger partial charge in [-0.15, -0.1) is 0 Å². The van der Waals surface area contributed by atoms with E-state index < -0.39 is 0 Å². The van der Waals surface area contributed by atoms with Crippen LogP contribution in [0.5, 0.6) is 0 Å². The Hall–Kier alpha value is -2.21. The van der Waals surface area contributed by atoms with Gasteiger partial charge in [-0.25, -0.2) is 0 Å². The Morgan fingerprint density at radius 3 is 2.26 bits per heavy atom. The third kappa shape index (κ3) is 6.47. The Labute approximate surface area is 161 Å². The molecule has 1 aromatic rings. The largest absolute Gasteiger partial charge is 0.353 e. The van der Waals surface area contributed by atoms with E-state index in [1.807, 2.05) is 45.9 Å². The number of rotatable bonds is 7. The zero-order valence-electron chi connectivity index (χ0n) is 16.9. The van der Waals surface area contributed by atoms with Crippen LogP contribution in [0.15, 0.2) is 18.2 Å². The molecule has 0 radical (unpaired) electrons. The average Bonchev–Trinajstić information content (AvgIpc) is 2.61. The first-order chi connectivity index (χ1) is 12.8. The standard InChI is InChI=1S/C21H31N3O3/c1-15(2)22-20(26)14-23-9-11-24(12-10-23)21(27)8-7-19(25)18-6-5-16(3)17(4)13-18/h5-6,13,15H,7-12,14H2,1-4H3,(H,22,26). The number of amides is 2. The van der Waals surface area contributed by atoms with E-state index in [4.69, 9.17) is 0 Å². The van der Waals surface area contributed by atoms with Gasteiger partial charge >= 0.3 is 0 Å². The van der Waals surface area contributed by atoms with Crippen LogP contribution in [-0.4, -0.2) is 66.2 Å². The van der Waals surface area contributed by atoms with Crippen molar-refractivity contribution in [3.05, 3.63) is 34.9 Å². The summed E-state index contributed by atoms with van der Waals surface area (Å²) >= 11 is 0. The number of nitrogens with one attached hydrogen (secondary N) is 1. The van der Waals surface area contributed by atoms with Crippen LogP contribution in [0.25, 0.3) is 0 Å². The molecule has 1 N–H and O–H groups in total. The van der Waals surface area contributed by atoms with E-state index in [9.17, 15) is 14.4 Å². The van der Waals surface area contributed by atoms with Crippen LogP contribution in [0, 0.1) is 13.8 Å². The van der Waals surface area contributed by atoms with Gasteiger partial charge in [-0.3, -0.25) is 19.3 Å². The third-order valence-corrected chi connectivity index (χ3v) is 4.94. The fourth-order valence-corrected chi connectivity index (χ4v) is 3.16. The van der Waals surface area contributed by atoms with Gasteiger partial charge in [-0.05, 0) is 44.9 Å². The van der Waals surface area contributed by atoms with Crippen molar-refractivity contribution >= 4 is 17.6 Å². The maximum atomic E-state index is 12.4. The van der Waals surface area contributed by atoms with Crippen molar-refractivity contribution in [2.24, 2.45) is 0 Å². The summed E-state index contributed by atoms with van der Waals surface area (Å²) in [6.45, 7) is 10.8. The van der Waals surface area contributed by atoms with E-state index in [-0.39, 0.29) is 36.5 Å². The number of carbonyl (C=O) groups excluding carboxylic acids is 3. The van der Waals surface area contributed by atoms with E-state index in [1.165, 1.54) is 0 Å². The van der Waals surface area contributed by atoms with Crippen molar-refractivity contribution < 1.29 is 14.4 Å². The monoisotopic (exact) mass is 373 g/mol. The minimum absolute atomic E-state index is 0.00967. The molecule has 1 aliphatic heterocycles. The van der Waals surface area contributed by atoms with Gasteiger partial charge in [0.2, 0.25) is 11.8 Å². The smallest absolute Gasteiger partial charge is 0.234 e. The van der Waals surface area contributed by atoms with Gasteiger partial charge in [0.1, 0.15) is 0 Å². The van der Waals surface area contributed by atoms with Crippen molar-refractivity contribution in [2.75, 3.05) is 32.7 Å². The Morgan fingerprint density at radius 1 is 1.00 bits per heavy atom. The van der Waals surface area contributed by atoms with Gasteiger partial charge in [-0.2, -0.15) is 0 Å². The first kappa shape index (κ1) is 21.1. The van der Waals surface area contributed by atoms with Gasteiger partial charge < -0.3 is 10.2 Å². The lowest BCUT2D eigenvalue weighted by atomic mass is 10.0. The number of benzene rings is 1. The van der Waals surface area contributed by atoms with Crippen LogP contribution in [0.3, 0.4) is 0 Å². The highest BCUT2D eigenvalue weighted by atomic mass is 16.2. The molecule has 2 rings (SSSR count). The molecule has 1 saturated heterocycles. The van der Waals surface area contributed by atoms with E-state index >= 15 is 0 Å². The maximum absolute atomic E-state index is 12.4. The minimum atomic E-state index is 0.00967. The summed E-state index contributed by atoms with van der Waals surface area (Å²) in [6, 6.07) is 5.80. The second kappa shape index (κ2) is 9.65. The van der Waals surface area contributed by atoms with Crippen LogP contribution in [-0.2, 0) is 9.59 Å². The summed E-state index contributed by atoms with van der Waals surface area (Å²) in [6.07, 6.45) is 0.470. The summed E-state index contributed by atoms with van der Waals surface area (Å²) in [5.74, 6) is 0.0395. The molecule has 0 aliphatic carbocycles. The molecule has 1 aromatic carbocycles. The fraction of sp³-hybridized carbons (Fsp3) is 0.571. The molecular weight excluding hydrogens is 342 g/mol. The highest BCUT2D eigenvalue weighted by Gasteiger charge is 2.23. The molecule has 0 unspecified atom stereocenters. The van der Waals surface area contributed by atoms with Gasteiger partial charge in [-0.1, -0.05) is 12.1 Å². The van der Waals surface area contributed by atoms with Crippen LogP contribution in [0.4, 0.5) is 0 Å². The lowest BCUT2D eigenvalue weighted by Gasteiger charge is -2.34. The van der Waals surface area contributed by atoms with E-state index in [1.54, 1.807) is 4.90 Å². The molecule has 0 aromatic heterocycles. The van der Waals surface area contributed by atoms with Crippen LogP contribution in [0.1, 0.15) is 48.2 Å².